The van der Waals surface area contributed by atoms with Crippen LogP contribution < -0.4 is 14.8 Å². The molecule has 0 unspecified atom stereocenters. The van der Waals surface area contributed by atoms with Crippen molar-refractivity contribution in [1.82, 2.24) is 15.1 Å². The number of ether oxygens (including phenoxy) is 2. The van der Waals surface area contributed by atoms with E-state index in [1.807, 2.05) is 36.5 Å². The van der Waals surface area contributed by atoms with Gasteiger partial charge in [0.05, 0.1) is 16.9 Å². The van der Waals surface area contributed by atoms with Crippen molar-refractivity contribution in [3.63, 3.8) is 0 Å². The van der Waals surface area contributed by atoms with Crippen molar-refractivity contribution in [3.8, 4) is 17.2 Å². The van der Waals surface area contributed by atoms with Gasteiger partial charge in [-0.3, -0.25) is 4.79 Å². The number of aromatic nitrogens is 2. The molecule has 126 valence electrons. The van der Waals surface area contributed by atoms with Crippen LogP contribution in [0.1, 0.15) is 15.9 Å². The SMILES string of the molecule is O=C(NCc1cnn(-c2ccccc2)c1)c1cc(Cl)c2c(c1)OCO2. The molecule has 1 N–H and O–H groups in total. The molecule has 6 nitrogen and oxygen atoms in total. The van der Waals surface area contributed by atoms with Gasteiger partial charge in [-0.2, -0.15) is 5.10 Å². The summed E-state index contributed by atoms with van der Waals surface area (Å²) in [5.74, 6) is 0.713. The van der Waals surface area contributed by atoms with Crippen molar-refractivity contribution in [2.75, 3.05) is 6.79 Å². The van der Waals surface area contributed by atoms with Gasteiger partial charge in [-0.25, -0.2) is 4.68 Å². The second-order valence-electron chi connectivity index (χ2n) is 5.50. The van der Waals surface area contributed by atoms with Crippen LogP contribution in [0.25, 0.3) is 5.69 Å². The third-order valence-electron chi connectivity index (χ3n) is 3.80. The lowest BCUT2D eigenvalue weighted by molar-refractivity contribution is 0.0950. The Kier molecular flexibility index (Phi) is 4.03. The number of hydrogen-bond acceptors (Lipinski definition) is 4. The molecule has 4 rings (SSSR count). The predicted molar refractivity (Wildman–Crippen MR) is 92.3 cm³/mol. The molecule has 0 saturated heterocycles. The first-order valence-corrected chi connectivity index (χ1v) is 8.05. The van der Waals surface area contributed by atoms with E-state index in [1.165, 1.54) is 0 Å². The molecule has 1 aliphatic heterocycles. The van der Waals surface area contributed by atoms with Crippen LogP contribution in [0.3, 0.4) is 0 Å². The maximum absolute atomic E-state index is 12.4. The van der Waals surface area contributed by atoms with Gasteiger partial charge in [0.25, 0.3) is 5.91 Å². The Bertz CT molecular complexity index is 925. The molecule has 0 atom stereocenters. The Morgan fingerprint density at radius 1 is 1.24 bits per heavy atom. The van der Waals surface area contributed by atoms with Crippen molar-refractivity contribution >= 4 is 17.5 Å². The number of carbonyl (C=O) groups excluding carboxylic acids is 1. The van der Waals surface area contributed by atoms with Gasteiger partial charge in [-0.1, -0.05) is 29.8 Å². The smallest absolute Gasteiger partial charge is 0.251 e. The maximum atomic E-state index is 12.4. The van der Waals surface area contributed by atoms with E-state index in [0.29, 0.717) is 28.6 Å². The van der Waals surface area contributed by atoms with Gasteiger partial charge in [0, 0.05) is 23.9 Å². The highest BCUT2D eigenvalue weighted by Crippen LogP contribution is 2.39. The van der Waals surface area contributed by atoms with Crippen LogP contribution in [-0.2, 0) is 6.54 Å². The molecule has 0 fully saturated rings. The Labute approximate surface area is 148 Å². The van der Waals surface area contributed by atoms with E-state index in [4.69, 9.17) is 21.1 Å². The highest BCUT2D eigenvalue weighted by atomic mass is 35.5. The summed E-state index contributed by atoms with van der Waals surface area (Å²) in [6.07, 6.45) is 3.60. The average molecular weight is 356 g/mol. The number of benzene rings is 2. The van der Waals surface area contributed by atoms with E-state index >= 15 is 0 Å². The zero-order valence-corrected chi connectivity index (χ0v) is 13.9. The van der Waals surface area contributed by atoms with Crippen molar-refractivity contribution in [3.05, 3.63) is 71.0 Å². The number of carbonyl (C=O) groups is 1. The fourth-order valence-electron chi connectivity index (χ4n) is 2.56. The Hall–Kier alpha value is -2.99. The van der Waals surface area contributed by atoms with Crippen LogP contribution >= 0.6 is 11.6 Å². The largest absolute Gasteiger partial charge is 0.454 e. The molecule has 2 heterocycles. The molecule has 0 saturated carbocycles. The number of nitrogens with zero attached hydrogens (tertiary/aromatic N) is 2. The van der Waals surface area contributed by atoms with Crippen molar-refractivity contribution in [2.45, 2.75) is 6.54 Å². The van der Waals surface area contributed by atoms with E-state index in [2.05, 4.69) is 10.4 Å². The third-order valence-corrected chi connectivity index (χ3v) is 4.08. The molecule has 0 spiro atoms. The molecular weight excluding hydrogens is 342 g/mol. The van der Waals surface area contributed by atoms with Crippen LogP contribution in [0, 0.1) is 0 Å². The lowest BCUT2D eigenvalue weighted by Crippen LogP contribution is -2.22. The first-order chi connectivity index (χ1) is 12.2. The van der Waals surface area contributed by atoms with Crippen LogP contribution in [0.5, 0.6) is 11.5 Å². The zero-order chi connectivity index (χ0) is 17.2. The van der Waals surface area contributed by atoms with Gasteiger partial charge in [0.1, 0.15) is 0 Å². The first kappa shape index (κ1) is 15.5. The van der Waals surface area contributed by atoms with E-state index < -0.39 is 0 Å². The molecule has 0 bridgehead atoms. The molecule has 1 aliphatic rings. The highest BCUT2D eigenvalue weighted by Gasteiger charge is 2.20. The van der Waals surface area contributed by atoms with Gasteiger partial charge in [0.15, 0.2) is 11.5 Å². The number of para-hydroxylation sites is 1. The Balaban J connectivity index is 1.44. The number of hydrogen-bond donors (Lipinski definition) is 1. The number of amides is 1. The van der Waals surface area contributed by atoms with Crippen molar-refractivity contribution in [2.24, 2.45) is 0 Å². The van der Waals surface area contributed by atoms with Gasteiger partial charge in [0.2, 0.25) is 6.79 Å². The van der Waals surface area contributed by atoms with Crippen LogP contribution in [0.15, 0.2) is 54.9 Å². The summed E-state index contributed by atoms with van der Waals surface area (Å²) in [5.41, 5.74) is 2.27. The van der Waals surface area contributed by atoms with E-state index in [1.54, 1.807) is 23.0 Å². The van der Waals surface area contributed by atoms with E-state index in [-0.39, 0.29) is 12.7 Å². The second-order valence-corrected chi connectivity index (χ2v) is 5.91. The normalized spacial score (nSPS) is 12.2. The standard InChI is InChI=1S/C18H14ClN3O3/c19-15-6-13(7-16-17(15)25-11-24-16)18(23)20-8-12-9-21-22(10-12)14-4-2-1-3-5-14/h1-7,9-10H,8,11H2,(H,20,23). The fourth-order valence-corrected chi connectivity index (χ4v) is 2.82. The van der Waals surface area contributed by atoms with Crippen molar-refractivity contribution < 1.29 is 14.3 Å². The van der Waals surface area contributed by atoms with Gasteiger partial charge in [-0.15, -0.1) is 0 Å². The lowest BCUT2D eigenvalue weighted by atomic mass is 10.2. The summed E-state index contributed by atoms with van der Waals surface area (Å²) in [7, 11) is 0. The summed E-state index contributed by atoms with van der Waals surface area (Å²) in [4.78, 5) is 12.4. The minimum absolute atomic E-state index is 0.110. The first-order valence-electron chi connectivity index (χ1n) is 7.67. The second kappa shape index (κ2) is 6.49. The van der Waals surface area contributed by atoms with E-state index in [9.17, 15) is 4.79 Å². The molecular formula is C18H14ClN3O3. The minimum atomic E-state index is -0.243. The molecule has 1 amide bonds. The average Bonchev–Trinajstić information content (AvgIpc) is 3.30. The van der Waals surface area contributed by atoms with Crippen molar-refractivity contribution in [1.29, 1.82) is 0 Å². The molecule has 1 aromatic heterocycles. The summed E-state index contributed by atoms with van der Waals surface area (Å²) in [5, 5.41) is 7.52. The predicted octanol–water partition coefficient (Wildman–Crippen LogP) is 3.18. The molecule has 25 heavy (non-hydrogen) atoms. The molecule has 3 aromatic rings. The number of rotatable bonds is 4. The van der Waals surface area contributed by atoms with Gasteiger partial charge < -0.3 is 14.8 Å². The van der Waals surface area contributed by atoms with Crippen LogP contribution in [0.4, 0.5) is 0 Å². The molecule has 0 radical (unpaired) electrons. The molecule has 0 aliphatic carbocycles. The zero-order valence-electron chi connectivity index (χ0n) is 13.1. The highest BCUT2D eigenvalue weighted by molar-refractivity contribution is 6.32. The molecule has 2 aromatic carbocycles. The Morgan fingerprint density at radius 2 is 2.08 bits per heavy atom. The maximum Gasteiger partial charge on any atom is 0.251 e. The quantitative estimate of drug-likeness (QED) is 0.780. The summed E-state index contributed by atoms with van der Waals surface area (Å²) in [6, 6.07) is 13.0. The summed E-state index contributed by atoms with van der Waals surface area (Å²) < 4.78 is 12.3. The fraction of sp³-hybridized carbons (Fsp3) is 0.111. The number of fused-ring (bicyclic) bond motifs is 1. The lowest BCUT2D eigenvalue weighted by Gasteiger charge is -2.06. The topological polar surface area (TPSA) is 65.4 Å². The molecule has 7 heteroatoms. The van der Waals surface area contributed by atoms with Gasteiger partial charge >= 0.3 is 0 Å². The minimum Gasteiger partial charge on any atom is -0.454 e. The monoisotopic (exact) mass is 355 g/mol. The van der Waals surface area contributed by atoms with Crippen LogP contribution in [-0.4, -0.2) is 22.5 Å². The third kappa shape index (κ3) is 3.16. The van der Waals surface area contributed by atoms with Gasteiger partial charge in [-0.05, 0) is 24.3 Å². The Morgan fingerprint density at radius 3 is 2.92 bits per heavy atom. The number of halogens is 1. The summed E-state index contributed by atoms with van der Waals surface area (Å²) in [6.45, 7) is 0.469. The van der Waals surface area contributed by atoms with E-state index in [0.717, 1.165) is 11.3 Å². The van der Waals surface area contributed by atoms with Crippen LogP contribution in [0.2, 0.25) is 5.02 Å². The summed E-state index contributed by atoms with van der Waals surface area (Å²) >= 11 is 6.11. The number of nitrogens with one attached hydrogen (secondary N) is 1.